The SMILES string of the molecule is C=CCN(c1ccc(OC)cc1)S(=O)(=O)c1ccc(C)cc1. The summed E-state index contributed by atoms with van der Waals surface area (Å²) in [7, 11) is -2.06. The molecule has 0 unspecified atom stereocenters. The fourth-order valence-electron chi connectivity index (χ4n) is 2.05. The van der Waals surface area contributed by atoms with Gasteiger partial charge in [-0.05, 0) is 43.3 Å². The molecule has 0 aromatic heterocycles. The predicted molar refractivity (Wildman–Crippen MR) is 88.9 cm³/mol. The van der Waals surface area contributed by atoms with Gasteiger partial charge in [0, 0.05) is 0 Å². The van der Waals surface area contributed by atoms with Crippen molar-refractivity contribution in [1.29, 1.82) is 0 Å². The van der Waals surface area contributed by atoms with Crippen molar-refractivity contribution in [2.75, 3.05) is 18.0 Å². The van der Waals surface area contributed by atoms with Gasteiger partial charge in [0.25, 0.3) is 10.0 Å². The van der Waals surface area contributed by atoms with Gasteiger partial charge >= 0.3 is 0 Å². The number of methoxy groups -OCH3 is 1. The minimum Gasteiger partial charge on any atom is -0.497 e. The Labute approximate surface area is 131 Å². The molecule has 0 heterocycles. The molecule has 0 saturated heterocycles. The van der Waals surface area contributed by atoms with Crippen molar-refractivity contribution in [1.82, 2.24) is 0 Å². The molecule has 116 valence electrons. The zero-order valence-corrected chi connectivity index (χ0v) is 13.5. The molecule has 0 aliphatic rings. The first kappa shape index (κ1) is 16.1. The molecule has 0 N–H and O–H groups in total. The maximum atomic E-state index is 12.8. The third kappa shape index (κ3) is 3.31. The van der Waals surface area contributed by atoms with Crippen LogP contribution >= 0.6 is 0 Å². The van der Waals surface area contributed by atoms with Crippen LogP contribution < -0.4 is 9.04 Å². The highest BCUT2D eigenvalue weighted by Gasteiger charge is 2.23. The fourth-order valence-corrected chi connectivity index (χ4v) is 3.48. The molecule has 0 spiro atoms. The Bertz CT molecular complexity index is 734. The molecule has 5 heteroatoms. The lowest BCUT2D eigenvalue weighted by molar-refractivity contribution is 0.415. The molecule has 0 atom stereocenters. The molecule has 2 aromatic rings. The molecule has 22 heavy (non-hydrogen) atoms. The summed E-state index contributed by atoms with van der Waals surface area (Å²) in [6, 6.07) is 13.7. The second-order valence-corrected chi connectivity index (χ2v) is 6.70. The summed E-state index contributed by atoms with van der Waals surface area (Å²) in [5, 5.41) is 0. The average molecular weight is 317 g/mol. The van der Waals surface area contributed by atoms with E-state index in [1.807, 2.05) is 6.92 Å². The molecule has 0 aliphatic heterocycles. The quantitative estimate of drug-likeness (QED) is 0.767. The molecule has 0 amide bonds. The molecule has 0 aliphatic carbocycles. The topological polar surface area (TPSA) is 46.6 Å². The van der Waals surface area contributed by atoms with Crippen molar-refractivity contribution in [3.8, 4) is 5.75 Å². The standard InChI is InChI=1S/C17H19NO3S/c1-4-13-18(15-7-9-16(21-3)10-8-15)22(19,20)17-11-5-14(2)6-12-17/h4-12H,1,13H2,2-3H3. The van der Waals surface area contributed by atoms with E-state index in [9.17, 15) is 8.42 Å². The number of anilines is 1. The summed E-state index contributed by atoms with van der Waals surface area (Å²) in [5.74, 6) is 0.676. The first-order valence-corrected chi connectivity index (χ1v) is 8.27. The number of nitrogens with zero attached hydrogens (tertiary/aromatic N) is 1. The maximum absolute atomic E-state index is 12.8. The Hall–Kier alpha value is -2.27. The van der Waals surface area contributed by atoms with E-state index in [0.717, 1.165) is 5.56 Å². The van der Waals surface area contributed by atoms with Crippen molar-refractivity contribution >= 4 is 15.7 Å². The van der Waals surface area contributed by atoms with Gasteiger partial charge in [-0.15, -0.1) is 6.58 Å². The van der Waals surface area contributed by atoms with Gasteiger partial charge in [-0.2, -0.15) is 0 Å². The lowest BCUT2D eigenvalue weighted by Crippen LogP contribution is -2.31. The van der Waals surface area contributed by atoms with Gasteiger partial charge in [-0.1, -0.05) is 23.8 Å². The number of benzene rings is 2. The molecule has 0 radical (unpaired) electrons. The smallest absolute Gasteiger partial charge is 0.264 e. The second-order valence-electron chi connectivity index (χ2n) is 4.84. The molecular formula is C17H19NO3S. The Morgan fingerprint density at radius 1 is 1.09 bits per heavy atom. The molecule has 4 nitrogen and oxygen atoms in total. The van der Waals surface area contributed by atoms with Crippen LogP contribution in [-0.4, -0.2) is 22.1 Å². The predicted octanol–water partition coefficient (Wildman–Crippen LogP) is 3.38. The highest BCUT2D eigenvalue weighted by atomic mass is 32.2. The van der Waals surface area contributed by atoms with Crippen molar-refractivity contribution < 1.29 is 13.2 Å². The van der Waals surface area contributed by atoms with Crippen LogP contribution in [0.2, 0.25) is 0 Å². The monoisotopic (exact) mass is 317 g/mol. The largest absolute Gasteiger partial charge is 0.497 e. The summed E-state index contributed by atoms with van der Waals surface area (Å²) < 4.78 is 32.1. The Balaban J connectivity index is 2.45. The van der Waals surface area contributed by atoms with Crippen molar-refractivity contribution in [2.24, 2.45) is 0 Å². The van der Waals surface area contributed by atoms with E-state index in [1.165, 1.54) is 4.31 Å². The normalized spacial score (nSPS) is 11.0. The molecule has 0 fully saturated rings. The zero-order valence-electron chi connectivity index (χ0n) is 12.7. The summed E-state index contributed by atoms with van der Waals surface area (Å²) in [4.78, 5) is 0.260. The van der Waals surface area contributed by atoms with E-state index in [2.05, 4.69) is 6.58 Å². The second kappa shape index (κ2) is 6.66. The van der Waals surface area contributed by atoms with E-state index in [0.29, 0.717) is 11.4 Å². The van der Waals surface area contributed by atoms with Gasteiger partial charge in [0.2, 0.25) is 0 Å². The third-order valence-corrected chi connectivity index (χ3v) is 5.07. The van der Waals surface area contributed by atoms with Gasteiger partial charge in [-0.3, -0.25) is 4.31 Å². The van der Waals surface area contributed by atoms with Crippen LogP contribution in [0.4, 0.5) is 5.69 Å². The Kier molecular flexibility index (Phi) is 4.88. The number of sulfonamides is 1. The lowest BCUT2D eigenvalue weighted by atomic mass is 10.2. The van der Waals surface area contributed by atoms with Crippen LogP contribution in [0, 0.1) is 6.92 Å². The zero-order chi connectivity index (χ0) is 16.2. The molecule has 0 saturated carbocycles. The van der Waals surface area contributed by atoms with E-state index in [4.69, 9.17) is 4.74 Å². The average Bonchev–Trinajstić information content (AvgIpc) is 2.53. The highest BCUT2D eigenvalue weighted by Crippen LogP contribution is 2.25. The molecule has 0 bridgehead atoms. The first-order chi connectivity index (χ1) is 10.5. The number of hydrogen-bond donors (Lipinski definition) is 0. The number of rotatable bonds is 6. The van der Waals surface area contributed by atoms with E-state index >= 15 is 0 Å². The van der Waals surface area contributed by atoms with Crippen LogP contribution in [0.15, 0.2) is 66.1 Å². The summed E-state index contributed by atoms with van der Waals surface area (Å²) in [6.07, 6.45) is 1.57. The summed E-state index contributed by atoms with van der Waals surface area (Å²) >= 11 is 0. The van der Waals surface area contributed by atoms with Crippen LogP contribution in [0.3, 0.4) is 0 Å². The van der Waals surface area contributed by atoms with E-state index in [1.54, 1.807) is 61.7 Å². The van der Waals surface area contributed by atoms with Crippen molar-refractivity contribution in [3.63, 3.8) is 0 Å². The summed E-state index contributed by atoms with van der Waals surface area (Å²) in [5.41, 5.74) is 1.58. The Morgan fingerprint density at radius 2 is 1.68 bits per heavy atom. The molecule has 2 rings (SSSR count). The minimum absolute atomic E-state index is 0.197. The van der Waals surface area contributed by atoms with Gasteiger partial charge in [0.05, 0.1) is 24.2 Å². The van der Waals surface area contributed by atoms with E-state index < -0.39 is 10.0 Å². The molecule has 2 aromatic carbocycles. The van der Waals surface area contributed by atoms with Gasteiger partial charge < -0.3 is 4.74 Å². The molecular weight excluding hydrogens is 298 g/mol. The third-order valence-electron chi connectivity index (χ3n) is 3.26. The van der Waals surface area contributed by atoms with Crippen molar-refractivity contribution in [2.45, 2.75) is 11.8 Å². The fraction of sp³-hybridized carbons (Fsp3) is 0.176. The maximum Gasteiger partial charge on any atom is 0.264 e. The van der Waals surface area contributed by atoms with Crippen molar-refractivity contribution in [3.05, 3.63) is 66.7 Å². The number of aryl methyl sites for hydroxylation is 1. The summed E-state index contributed by atoms with van der Waals surface area (Å²) in [6.45, 7) is 5.77. The minimum atomic E-state index is -3.63. The van der Waals surface area contributed by atoms with Crippen LogP contribution in [0.1, 0.15) is 5.56 Å². The van der Waals surface area contributed by atoms with Crippen LogP contribution in [0.25, 0.3) is 0 Å². The first-order valence-electron chi connectivity index (χ1n) is 6.83. The van der Waals surface area contributed by atoms with Gasteiger partial charge in [0.15, 0.2) is 0 Å². The Morgan fingerprint density at radius 3 is 2.18 bits per heavy atom. The van der Waals surface area contributed by atoms with Crippen LogP contribution in [-0.2, 0) is 10.0 Å². The van der Waals surface area contributed by atoms with Crippen LogP contribution in [0.5, 0.6) is 5.75 Å². The van der Waals surface area contributed by atoms with E-state index in [-0.39, 0.29) is 11.4 Å². The van der Waals surface area contributed by atoms with Gasteiger partial charge in [-0.25, -0.2) is 8.42 Å². The number of hydrogen-bond acceptors (Lipinski definition) is 3. The lowest BCUT2D eigenvalue weighted by Gasteiger charge is -2.23. The highest BCUT2D eigenvalue weighted by molar-refractivity contribution is 7.92. The number of ether oxygens (including phenoxy) is 1. The van der Waals surface area contributed by atoms with Gasteiger partial charge in [0.1, 0.15) is 5.75 Å².